The van der Waals surface area contributed by atoms with Crippen LogP contribution in [0.3, 0.4) is 0 Å². The van der Waals surface area contributed by atoms with Crippen LogP contribution in [0.15, 0.2) is 12.2 Å². The number of hydrogen-bond donors (Lipinski definition) is 3. The van der Waals surface area contributed by atoms with Crippen LogP contribution in [-0.4, -0.2) is 63.1 Å². The van der Waals surface area contributed by atoms with E-state index in [1.165, 1.54) is 13.8 Å². The SMILES string of the molecule is C=C1C(=O)O[C@@H]2[C@H]1C[C@@H](O)[C@H](C)[C@@](O)(C(=O)C[C@@H](C)O)[C@H]2OC(=O)[C@@H](C)CC. The minimum absolute atomic E-state index is 0.0259. The number of esters is 2. The normalized spacial score (nSPS) is 37.5. The first kappa shape index (κ1) is 22.5. The summed E-state index contributed by atoms with van der Waals surface area (Å²) < 4.78 is 10.9. The van der Waals surface area contributed by atoms with Crippen LogP contribution in [0.2, 0.25) is 0 Å². The fourth-order valence-corrected chi connectivity index (χ4v) is 3.86. The van der Waals surface area contributed by atoms with Gasteiger partial charge in [-0.25, -0.2) is 4.79 Å². The third-order valence-corrected chi connectivity index (χ3v) is 6.03. The molecule has 158 valence electrons. The number of Topliss-reactive ketones (excluding diaryl/α,β-unsaturated/α-hetero) is 1. The van der Waals surface area contributed by atoms with Crippen molar-refractivity contribution in [3.63, 3.8) is 0 Å². The summed E-state index contributed by atoms with van der Waals surface area (Å²) in [7, 11) is 0. The summed E-state index contributed by atoms with van der Waals surface area (Å²) >= 11 is 0. The molecule has 8 nitrogen and oxygen atoms in total. The van der Waals surface area contributed by atoms with Crippen LogP contribution in [-0.2, 0) is 23.9 Å². The molecule has 1 saturated heterocycles. The van der Waals surface area contributed by atoms with Crippen LogP contribution >= 0.6 is 0 Å². The molecule has 0 aromatic heterocycles. The largest absolute Gasteiger partial charge is 0.455 e. The molecule has 1 aliphatic heterocycles. The molecule has 0 amide bonds. The highest BCUT2D eigenvalue weighted by atomic mass is 16.6. The van der Waals surface area contributed by atoms with Gasteiger partial charge in [0.15, 0.2) is 17.5 Å². The van der Waals surface area contributed by atoms with E-state index in [2.05, 4.69) is 6.58 Å². The quantitative estimate of drug-likeness (QED) is 0.436. The number of ether oxygens (including phenoxy) is 2. The molecule has 8 heteroatoms. The topological polar surface area (TPSA) is 130 Å². The molecule has 0 spiro atoms. The Morgan fingerprint density at radius 3 is 2.54 bits per heavy atom. The minimum Gasteiger partial charge on any atom is -0.455 e. The van der Waals surface area contributed by atoms with E-state index in [-0.39, 0.29) is 12.0 Å². The van der Waals surface area contributed by atoms with Crippen molar-refractivity contribution in [3.05, 3.63) is 12.2 Å². The molecule has 1 heterocycles. The van der Waals surface area contributed by atoms with E-state index in [1.807, 2.05) is 0 Å². The van der Waals surface area contributed by atoms with Crippen molar-refractivity contribution in [2.75, 3.05) is 0 Å². The maximum absolute atomic E-state index is 12.9. The van der Waals surface area contributed by atoms with Gasteiger partial charge in [0.05, 0.1) is 18.1 Å². The fraction of sp³-hybridized carbons (Fsp3) is 0.750. The van der Waals surface area contributed by atoms with Gasteiger partial charge in [0.1, 0.15) is 6.10 Å². The Morgan fingerprint density at radius 2 is 2.00 bits per heavy atom. The number of aliphatic hydroxyl groups excluding tert-OH is 2. The summed E-state index contributed by atoms with van der Waals surface area (Å²) in [5.74, 6) is -4.37. The Bertz CT molecular complexity index is 657. The number of hydrogen-bond acceptors (Lipinski definition) is 8. The zero-order valence-electron chi connectivity index (χ0n) is 16.8. The monoisotopic (exact) mass is 398 g/mol. The average molecular weight is 398 g/mol. The van der Waals surface area contributed by atoms with Crippen molar-refractivity contribution >= 4 is 17.7 Å². The lowest BCUT2D eigenvalue weighted by Gasteiger charge is -2.40. The first-order valence-electron chi connectivity index (χ1n) is 9.67. The molecule has 0 radical (unpaired) electrons. The van der Waals surface area contributed by atoms with Gasteiger partial charge in [0.2, 0.25) is 0 Å². The highest BCUT2D eigenvalue weighted by molar-refractivity contribution is 5.92. The lowest BCUT2D eigenvalue weighted by Crippen LogP contribution is -2.61. The Morgan fingerprint density at radius 1 is 1.39 bits per heavy atom. The van der Waals surface area contributed by atoms with E-state index in [4.69, 9.17) is 9.47 Å². The van der Waals surface area contributed by atoms with E-state index in [0.717, 1.165) is 0 Å². The predicted octanol–water partition coefficient (Wildman–Crippen LogP) is 0.514. The number of aliphatic hydroxyl groups is 3. The number of fused-ring (bicyclic) bond motifs is 1. The molecular weight excluding hydrogens is 368 g/mol. The molecule has 0 unspecified atom stereocenters. The molecule has 2 rings (SSSR count). The minimum atomic E-state index is -2.33. The molecule has 0 aromatic carbocycles. The predicted molar refractivity (Wildman–Crippen MR) is 97.9 cm³/mol. The van der Waals surface area contributed by atoms with E-state index < -0.39 is 71.9 Å². The van der Waals surface area contributed by atoms with Gasteiger partial charge in [0, 0.05) is 23.8 Å². The van der Waals surface area contributed by atoms with Crippen molar-refractivity contribution in [2.24, 2.45) is 17.8 Å². The number of carbonyl (C=O) groups is 3. The molecule has 8 atom stereocenters. The summed E-state index contributed by atoms with van der Waals surface area (Å²) in [5, 5.41) is 31.7. The number of carbonyl (C=O) groups excluding carboxylic acids is 3. The second kappa shape index (κ2) is 8.31. The molecule has 1 saturated carbocycles. The summed E-state index contributed by atoms with van der Waals surface area (Å²) in [6.45, 7) is 9.99. The van der Waals surface area contributed by atoms with Crippen molar-refractivity contribution < 1.29 is 39.2 Å². The lowest BCUT2D eigenvalue weighted by atomic mass is 9.75. The van der Waals surface area contributed by atoms with Crippen LogP contribution in [0.4, 0.5) is 0 Å². The van der Waals surface area contributed by atoms with E-state index in [1.54, 1.807) is 13.8 Å². The summed E-state index contributed by atoms with van der Waals surface area (Å²) in [5.41, 5.74) is -2.22. The molecule has 28 heavy (non-hydrogen) atoms. The second-order valence-corrected chi connectivity index (χ2v) is 8.06. The zero-order chi connectivity index (χ0) is 21.4. The molecule has 2 aliphatic rings. The standard InChI is InChI=1S/C20H30O8/c1-6-9(2)18(24)28-17-16-13(11(4)19(25)27-16)8-14(22)12(5)20(17,26)15(23)7-10(3)21/h9-10,12-14,16-17,21-22,26H,4,6-8H2,1-3,5H3/t9-,10+,12-,13-,14+,16+,17-,20+/m0/s1. The van der Waals surface area contributed by atoms with Crippen molar-refractivity contribution in [2.45, 2.75) is 77.0 Å². The van der Waals surface area contributed by atoms with E-state index >= 15 is 0 Å². The van der Waals surface area contributed by atoms with Crippen molar-refractivity contribution in [3.8, 4) is 0 Å². The second-order valence-electron chi connectivity index (χ2n) is 8.06. The Balaban J connectivity index is 2.55. The maximum atomic E-state index is 12.9. The van der Waals surface area contributed by atoms with Crippen LogP contribution in [0.1, 0.15) is 47.0 Å². The third kappa shape index (κ3) is 3.86. The van der Waals surface area contributed by atoms with E-state index in [9.17, 15) is 29.7 Å². The third-order valence-electron chi connectivity index (χ3n) is 6.03. The Kier molecular flexibility index (Phi) is 6.68. The van der Waals surface area contributed by atoms with Crippen LogP contribution in [0, 0.1) is 17.8 Å². The molecule has 0 bridgehead atoms. The highest BCUT2D eigenvalue weighted by Gasteiger charge is 2.62. The van der Waals surface area contributed by atoms with Gasteiger partial charge in [-0.2, -0.15) is 0 Å². The molecule has 3 N–H and O–H groups in total. The van der Waals surface area contributed by atoms with Crippen LogP contribution in [0.25, 0.3) is 0 Å². The maximum Gasteiger partial charge on any atom is 0.334 e. The van der Waals surface area contributed by atoms with Crippen LogP contribution in [0.5, 0.6) is 0 Å². The van der Waals surface area contributed by atoms with E-state index in [0.29, 0.717) is 6.42 Å². The van der Waals surface area contributed by atoms with Gasteiger partial charge in [-0.1, -0.05) is 27.4 Å². The number of ketones is 1. The van der Waals surface area contributed by atoms with Gasteiger partial charge in [-0.05, 0) is 19.8 Å². The number of rotatable bonds is 6. The lowest BCUT2D eigenvalue weighted by molar-refractivity contribution is -0.202. The smallest absolute Gasteiger partial charge is 0.334 e. The Labute approximate surface area is 164 Å². The van der Waals surface area contributed by atoms with Crippen molar-refractivity contribution in [1.29, 1.82) is 0 Å². The first-order chi connectivity index (χ1) is 12.9. The molecular formula is C20H30O8. The van der Waals surface area contributed by atoms with Crippen LogP contribution < -0.4 is 0 Å². The summed E-state index contributed by atoms with van der Waals surface area (Å²) in [4.78, 5) is 37.5. The van der Waals surface area contributed by atoms with Gasteiger partial charge in [-0.3, -0.25) is 9.59 Å². The van der Waals surface area contributed by atoms with Gasteiger partial charge < -0.3 is 24.8 Å². The fourth-order valence-electron chi connectivity index (χ4n) is 3.86. The Hall–Kier alpha value is -1.77. The molecule has 0 aromatic rings. The highest BCUT2D eigenvalue weighted by Crippen LogP contribution is 2.45. The average Bonchev–Trinajstić information content (AvgIpc) is 2.87. The molecule has 1 aliphatic carbocycles. The molecule has 2 fully saturated rings. The van der Waals surface area contributed by atoms with Gasteiger partial charge in [0.25, 0.3) is 0 Å². The summed E-state index contributed by atoms with van der Waals surface area (Å²) in [6, 6.07) is 0. The first-order valence-corrected chi connectivity index (χ1v) is 9.67. The van der Waals surface area contributed by atoms with Gasteiger partial charge in [-0.15, -0.1) is 0 Å². The van der Waals surface area contributed by atoms with Crippen molar-refractivity contribution in [1.82, 2.24) is 0 Å². The zero-order valence-corrected chi connectivity index (χ0v) is 16.8. The van der Waals surface area contributed by atoms with Gasteiger partial charge >= 0.3 is 11.9 Å². The summed E-state index contributed by atoms with van der Waals surface area (Å²) in [6.07, 6.45) is -4.78.